The van der Waals surface area contributed by atoms with E-state index in [1.165, 1.54) is 4.31 Å². The highest BCUT2D eigenvalue weighted by atomic mass is 35.5. The van der Waals surface area contributed by atoms with Gasteiger partial charge in [-0.25, -0.2) is 8.42 Å². The van der Waals surface area contributed by atoms with Crippen molar-refractivity contribution in [1.29, 1.82) is 0 Å². The van der Waals surface area contributed by atoms with Gasteiger partial charge in [-0.05, 0) is 50.2 Å². The Morgan fingerprint density at radius 2 is 1.96 bits per heavy atom. The summed E-state index contributed by atoms with van der Waals surface area (Å²) in [5, 5.41) is 2.99. The van der Waals surface area contributed by atoms with Gasteiger partial charge in [0.15, 0.2) is 0 Å². The van der Waals surface area contributed by atoms with Crippen LogP contribution in [0, 0.1) is 5.92 Å². The summed E-state index contributed by atoms with van der Waals surface area (Å²) in [5.41, 5.74) is 0. The fourth-order valence-corrected chi connectivity index (χ4v) is 5.97. The second kappa shape index (κ2) is 7.09. The SMILES string of the molecule is O=C(CCC1CCN(S(=O)(=O)c2ccc(Cl)s2)CC1)NC1CC1. The maximum atomic E-state index is 12.5. The lowest BCUT2D eigenvalue weighted by Crippen LogP contribution is -2.38. The highest BCUT2D eigenvalue weighted by molar-refractivity contribution is 7.91. The molecule has 1 aliphatic carbocycles. The largest absolute Gasteiger partial charge is 0.353 e. The molecule has 0 radical (unpaired) electrons. The number of carbonyl (C=O) groups is 1. The van der Waals surface area contributed by atoms with Crippen molar-refractivity contribution in [2.75, 3.05) is 13.1 Å². The summed E-state index contributed by atoms with van der Waals surface area (Å²) in [7, 11) is -3.42. The lowest BCUT2D eigenvalue weighted by atomic mass is 9.93. The van der Waals surface area contributed by atoms with Gasteiger partial charge in [-0.15, -0.1) is 11.3 Å². The van der Waals surface area contributed by atoms with E-state index in [0.717, 1.165) is 43.4 Å². The molecule has 2 aliphatic rings. The summed E-state index contributed by atoms with van der Waals surface area (Å²) >= 11 is 6.94. The number of carbonyl (C=O) groups excluding carboxylic acids is 1. The van der Waals surface area contributed by atoms with E-state index in [1.807, 2.05) is 0 Å². The molecule has 3 rings (SSSR count). The van der Waals surface area contributed by atoms with Crippen LogP contribution in [0.25, 0.3) is 0 Å². The third-order valence-electron chi connectivity index (χ3n) is 4.44. The molecule has 128 valence electrons. The zero-order valence-corrected chi connectivity index (χ0v) is 15.2. The molecule has 1 aromatic rings. The van der Waals surface area contributed by atoms with E-state index in [2.05, 4.69) is 5.32 Å². The smallest absolute Gasteiger partial charge is 0.252 e. The molecule has 0 bridgehead atoms. The fraction of sp³-hybridized carbons (Fsp3) is 0.667. The van der Waals surface area contributed by atoms with Crippen molar-refractivity contribution in [2.45, 2.75) is 48.8 Å². The minimum atomic E-state index is -3.42. The maximum absolute atomic E-state index is 12.5. The first-order chi connectivity index (χ1) is 10.9. The van der Waals surface area contributed by atoms with E-state index in [4.69, 9.17) is 11.6 Å². The van der Waals surface area contributed by atoms with Crippen LogP contribution in [0.5, 0.6) is 0 Å². The van der Waals surface area contributed by atoms with E-state index in [1.54, 1.807) is 12.1 Å². The molecule has 23 heavy (non-hydrogen) atoms. The molecule has 1 aromatic heterocycles. The van der Waals surface area contributed by atoms with Crippen LogP contribution >= 0.6 is 22.9 Å². The Morgan fingerprint density at radius 3 is 2.52 bits per heavy atom. The molecule has 8 heteroatoms. The van der Waals surface area contributed by atoms with Gasteiger partial charge in [-0.1, -0.05) is 11.6 Å². The summed E-state index contributed by atoms with van der Waals surface area (Å²) in [5.74, 6) is 0.564. The number of sulfonamides is 1. The van der Waals surface area contributed by atoms with Gasteiger partial charge < -0.3 is 5.32 Å². The van der Waals surface area contributed by atoms with Gasteiger partial charge in [-0.2, -0.15) is 4.31 Å². The molecule has 2 heterocycles. The van der Waals surface area contributed by atoms with Crippen molar-refractivity contribution in [3.63, 3.8) is 0 Å². The van der Waals surface area contributed by atoms with Crippen LogP contribution in [0.1, 0.15) is 38.5 Å². The zero-order valence-electron chi connectivity index (χ0n) is 12.8. The number of piperidine rings is 1. The number of amides is 1. The van der Waals surface area contributed by atoms with E-state index in [0.29, 0.717) is 40.0 Å². The predicted octanol–water partition coefficient (Wildman–Crippen LogP) is 2.86. The number of hydrogen-bond acceptors (Lipinski definition) is 4. The van der Waals surface area contributed by atoms with Gasteiger partial charge in [0.25, 0.3) is 10.0 Å². The Balaban J connectivity index is 1.47. The number of hydrogen-bond donors (Lipinski definition) is 1. The highest BCUT2D eigenvalue weighted by Gasteiger charge is 2.31. The molecule has 2 fully saturated rings. The van der Waals surface area contributed by atoms with E-state index < -0.39 is 10.0 Å². The second-order valence-electron chi connectivity index (χ2n) is 6.29. The van der Waals surface area contributed by atoms with Crippen molar-refractivity contribution >= 4 is 38.9 Å². The first kappa shape index (κ1) is 17.2. The van der Waals surface area contributed by atoms with Crippen LogP contribution in [-0.2, 0) is 14.8 Å². The van der Waals surface area contributed by atoms with Gasteiger partial charge in [0.2, 0.25) is 5.91 Å². The number of halogens is 1. The molecule has 0 atom stereocenters. The van der Waals surface area contributed by atoms with Crippen LogP contribution < -0.4 is 5.32 Å². The van der Waals surface area contributed by atoms with Gasteiger partial charge in [-0.3, -0.25) is 4.79 Å². The van der Waals surface area contributed by atoms with Crippen LogP contribution in [0.3, 0.4) is 0 Å². The fourth-order valence-electron chi connectivity index (χ4n) is 2.86. The average Bonchev–Trinajstić information content (AvgIpc) is 3.22. The van der Waals surface area contributed by atoms with E-state index >= 15 is 0 Å². The second-order valence-corrected chi connectivity index (χ2v) is 10.2. The average molecular weight is 377 g/mol. The Hall–Kier alpha value is -0.630. The number of nitrogens with one attached hydrogen (secondary N) is 1. The number of thiophene rings is 1. The minimum Gasteiger partial charge on any atom is -0.353 e. The minimum absolute atomic E-state index is 0.135. The van der Waals surface area contributed by atoms with E-state index in [-0.39, 0.29) is 5.91 Å². The molecular weight excluding hydrogens is 356 g/mol. The van der Waals surface area contributed by atoms with Gasteiger partial charge in [0.1, 0.15) is 4.21 Å². The van der Waals surface area contributed by atoms with Crippen molar-refractivity contribution < 1.29 is 13.2 Å². The molecule has 0 unspecified atom stereocenters. The van der Waals surface area contributed by atoms with Gasteiger partial charge in [0, 0.05) is 25.6 Å². The Morgan fingerprint density at radius 1 is 1.26 bits per heavy atom. The Kier molecular flexibility index (Phi) is 5.30. The summed E-state index contributed by atoms with van der Waals surface area (Å²) in [6, 6.07) is 3.59. The molecule has 0 aromatic carbocycles. The summed E-state index contributed by atoms with van der Waals surface area (Å²) in [4.78, 5) is 11.7. The van der Waals surface area contributed by atoms with Crippen molar-refractivity contribution in [2.24, 2.45) is 5.92 Å². The quantitative estimate of drug-likeness (QED) is 0.830. The third kappa shape index (κ3) is 4.47. The van der Waals surface area contributed by atoms with Crippen molar-refractivity contribution in [3.05, 3.63) is 16.5 Å². The molecule has 1 aliphatic heterocycles. The molecule has 1 saturated carbocycles. The van der Waals surface area contributed by atoms with E-state index in [9.17, 15) is 13.2 Å². The van der Waals surface area contributed by atoms with Gasteiger partial charge >= 0.3 is 0 Å². The topological polar surface area (TPSA) is 66.5 Å². The van der Waals surface area contributed by atoms with Crippen LogP contribution in [0.2, 0.25) is 4.34 Å². The Bertz CT molecular complexity index is 662. The van der Waals surface area contributed by atoms with Crippen LogP contribution in [0.15, 0.2) is 16.3 Å². The highest BCUT2D eigenvalue weighted by Crippen LogP contribution is 2.31. The van der Waals surface area contributed by atoms with Crippen LogP contribution in [-0.4, -0.2) is 37.8 Å². The monoisotopic (exact) mass is 376 g/mol. The molecule has 5 nitrogen and oxygen atoms in total. The summed E-state index contributed by atoms with van der Waals surface area (Å²) < 4.78 is 27.4. The zero-order chi connectivity index (χ0) is 16.4. The standard InChI is InChI=1S/C15H21ClN2O3S2/c16-13-4-6-15(22-13)23(20,21)18-9-7-11(8-10-18)1-5-14(19)17-12-2-3-12/h4,6,11-12H,1-3,5,7-10H2,(H,17,19). The van der Waals surface area contributed by atoms with Gasteiger partial charge in [0.05, 0.1) is 4.34 Å². The van der Waals surface area contributed by atoms with Crippen molar-refractivity contribution in [1.82, 2.24) is 9.62 Å². The third-order valence-corrected chi connectivity index (χ3v) is 8.04. The molecule has 0 spiro atoms. The normalized spacial score (nSPS) is 20.6. The molecule has 1 amide bonds. The lowest BCUT2D eigenvalue weighted by Gasteiger charge is -2.30. The summed E-state index contributed by atoms with van der Waals surface area (Å²) in [6.45, 7) is 1.04. The number of rotatable bonds is 6. The molecule has 1 saturated heterocycles. The summed E-state index contributed by atoms with van der Waals surface area (Å²) in [6.07, 6.45) is 5.24. The predicted molar refractivity (Wildman–Crippen MR) is 91.2 cm³/mol. The van der Waals surface area contributed by atoms with Crippen LogP contribution in [0.4, 0.5) is 0 Å². The van der Waals surface area contributed by atoms with Crippen molar-refractivity contribution in [3.8, 4) is 0 Å². The lowest BCUT2D eigenvalue weighted by molar-refractivity contribution is -0.121. The maximum Gasteiger partial charge on any atom is 0.252 e. The first-order valence-electron chi connectivity index (χ1n) is 8.00. The molecule has 1 N–H and O–H groups in total. The first-order valence-corrected chi connectivity index (χ1v) is 10.6. The number of nitrogens with zero attached hydrogens (tertiary/aromatic N) is 1. The Labute approximate surface area is 146 Å². The molecular formula is C15H21ClN2O3S2.